The van der Waals surface area contributed by atoms with Crippen LogP contribution < -0.4 is 14.2 Å². The van der Waals surface area contributed by atoms with Crippen LogP contribution in [0.2, 0.25) is 5.02 Å². The molecule has 0 saturated carbocycles. The van der Waals surface area contributed by atoms with Crippen molar-refractivity contribution in [2.45, 2.75) is 6.54 Å². The molecule has 3 aromatic carbocycles. The highest BCUT2D eigenvalue weighted by atomic mass is 35.5. The third-order valence-corrected chi connectivity index (χ3v) is 7.53. The zero-order valence-corrected chi connectivity index (χ0v) is 20.0. The number of nitrogens with zero attached hydrogens (tertiary/aromatic N) is 2. The number of thiazole rings is 1. The number of aromatic nitrogens is 1. The van der Waals surface area contributed by atoms with Gasteiger partial charge in [0.2, 0.25) is 11.4 Å². The Bertz CT molecular complexity index is 1500. The van der Waals surface area contributed by atoms with Crippen molar-refractivity contribution >= 4 is 55.0 Å². The lowest BCUT2D eigenvalue weighted by Crippen LogP contribution is -2.38. The molecule has 0 bridgehead atoms. The van der Waals surface area contributed by atoms with Gasteiger partial charge in [0.15, 0.2) is 12.3 Å². The van der Waals surface area contributed by atoms with Gasteiger partial charge in [0.25, 0.3) is 15.1 Å². The molecule has 0 aliphatic carbocycles. The van der Waals surface area contributed by atoms with Crippen molar-refractivity contribution in [3.05, 3.63) is 82.6 Å². The first-order chi connectivity index (χ1) is 15.8. The molecular weight excluding hydrogens is 480 g/mol. The van der Waals surface area contributed by atoms with E-state index in [9.17, 15) is 13.0 Å². The van der Waals surface area contributed by atoms with Crippen molar-refractivity contribution in [1.29, 1.82) is 0 Å². The monoisotopic (exact) mass is 499 g/mol. The maximum absolute atomic E-state index is 11.5. The van der Waals surface area contributed by atoms with Crippen LogP contribution >= 0.6 is 22.9 Å². The van der Waals surface area contributed by atoms with Crippen LogP contribution in [-0.2, 0) is 16.7 Å². The number of halogens is 1. The van der Waals surface area contributed by atoms with Crippen molar-refractivity contribution < 1.29 is 22.3 Å². The highest BCUT2D eigenvalue weighted by Crippen LogP contribution is 2.40. The second kappa shape index (κ2) is 8.46. The molecule has 9 heteroatoms. The van der Waals surface area contributed by atoms with Gasteiger partial charge in [-0.3, -0.25) is 4.55 Å². The van der Waals surface area contributed by atoms with Gasteiger partial charge in [0.1, 0.15) is 10.5 Å². The number of anilines is 1. The van der Waals surface area contributed by atoms with Gasteiger partial charge in [-0.25, -0.2) is 0 Å². The molecule has 0 amide bonds. The first kappa shape index (κ1) is 21.9. The summed E-state index contributed by atoms with van der Waals surface area (Å²) in [6.45, 7) is 0.110. The molecule has 1 aliphatic rings. The van der Waals surface area contributed by atoms with Crippen molar-refractivity contribution in [3.8, 4) is 16.9 Å². The van der Waals surface area contributed by atoms with E-state index in [0.717, 1.165) is 32.0 Å². The average Bonchev–Trinajstić information content (AvgIpc) is 3.29. The van der Waals surface area contributed by atoms with E-state index >= 15 is 0 Å². The molecule has 4 aromatic rings. The van der Waals surface area contributed by atoms with Gasteiger partial charge < -0.3 is 9.64 Å². The normalized spacial score (nSPS) is 14.6. The highest BCUT2D eigenvalue weighted by molar-refractivity contribution is 7.85. The van der Waals surface area contributed by atoms with Crippen LogP contribution in [0.3, 0.4) is 0 Å². The number of hydrogen-bond acceptors (Lipinski definition) is 5. The summed E-state index contributed by atoms with van der Waals surface area (Å²) in [4.78, 5) is 1.90. The Morgan fingerprint density at radius 3 is 2.64 bits per heavy atom. The minimum absolute atomic E-state index is 0.110. The topological polar surface area (TPSA) is 70.7 Å². The van der Waals surface area contributed by atoms with Gasteiger partial charge in [0.05, 0.1) is 11.8 Å². The largest absolute Gasteiger partial charge is 0.438 e. The van der Waals surface area contributed by atoms with Gasteiger partial charge >= 0.3 is 0 Å². The number of ether oxygens (including phenoxy) is 1. The second-order valence-corrected chi connectivity index (χ2v) is 10.8. The van der Waals surface area contributed by atoms with Crippen LogP contribution in [0.4, 0.5) is 5.69 Å². The molecule has 5 rings (SSSR count). The van der Waals surface area contributed by atoms with Gasteiger partial charge in [-0.2, -0.15) is 13.0 Å². The van der Waals surface area contributed by atoms with Crippen LogP contribution in [0.15, 0.2) is 72.6 Å². The summed E-state index contributed by atoms with van der Waals surface area (Å²) in [6, 6.07) is 21.5. The quantitative estimate of drug-likeness (QED) is 0.301. The lowest BCUT2D eigenvalue weighted by atomic mass is 10.1. The summed E-state index contributed by atoms with van der Waals surface area (Å²) in [5.74, 6) is 0.912. The number of rotatable bonds is 5. The fraction of sp³-hybridized carbons (Fsp3) is 0.125. The standard InChI is InChI=1S/C24H19ClN2O4S2/c1-26-19-14-18(25)8-9-21(19)31-23(26)15-24-27(11-12-33(28,29)30)20-13-17(7-10-22(20)32-24)16-5-3-2-4-6-16/h2-10,13-15H,11-12H2,1H3/p+1. The Labute approximate surface area is 200 Å². The molecule has 0 unspecified atom stereocenters. The Kier molecular flexibility index (Phi) is 5.62. The van der Waals surface area contributed by atoms with Crippen LogP contribution in [0, 0.1) is 0 Å². The van der Waals surface area contributed by atoms with Crippen molar-refractivity contribution in [3.63, 3.8) is 0 Å². The number of aryl methyl sites for hydroxylation is 1. The van der Waals surface area contributed by atoms with E-state index in [1.54, 1.807) is 6.07 Å². The second-order valence-electron chi connectivity index (χ2n) is 7.68. The summed E-state index contributed by atoms with van der Waals surface area (Å²) in [7, 11) is -2.24. The molecule has 1 aliphatic heterocycles. The lowest BCUT2D eigenvalue weighted by molar-refractivity contribution is -0.664. The molecule has 33 heavy (non-hydrogen) atoms. The molecular formula is C24H20ClN2O4S2+. The zero-order valence-electron chi connectivity index (χ0n) is 17.6. The first-order valence-electron chi connectivity index (χ1n) is 10.2. The molecule has 0 spiro atoms. The van der Waals surface area contributed by atoms with E-state index in [1.807, 2.05) is 83.3 Å². The Hall–Kier alpha value is -2.91. The average molecular weight is 500 g/mol. The van der Waals surface area contributed by atoms with Crippen LogP contribution in [0.1, 0.15) is 5.01 Å². The number of hydrogen-bond donors (Lipinski definition) is 1. The molecule has 0 fully saturated rings. The van der Waals surface area contributed by atoms with Crippen LogP contribution in [-0.4, -0.2) is 25.8 Å². The lowest BCUT2D eigenvalue weighted by Gasteiger charge is -2.10. The molecule has 6 nitrogen and oxygen atoms in total. The molecule has 1 aromatic heterocycles. The van der Waals surface area contributed by atoms with E-state index in [1.165, 1.54) is 11.3 Å². The minimum Gasteiger partial charge on any atom is -0.438 e. The molecule has 168 valence electrons. The summed E-state index contributed by atoms with van der Waals surface area (Å²) in [6.07, 6.45) is 1.88. The summed E-state index contributed by atoms with van der Waals surface area (Å²) in [5, 5.41) is 1.42. The Balaban J connectivity index is 1.61. The summed E-state index contributed by atoms with van der Waals surface area (Å²) < 4.78 is 41.4. The predicted octanol–water partition coefficient (Wildman–Crippen LogP) is 5.22. The number of benzene rings is 3. The van der Waals surface area contributed by atoms with Crippen LogP contribution in [0.5, 0.6) is 5.75 Å². The molecule has 0 radical (unpaired) electrons. The minimum atomic E-state index is -4.13. The van der Waals surface area contributed by atoms with E-state index in [0.29, 0.717) is 16.7 Å². The smallest absolute Gasteiger partial charge is 0.271 e. The van der Waals surface area contributed by atoms with E-state index in [-0.39, 0.29) is 12.3 Å². The third-order valence-electron chi connectivity index (χ3n) is 5.48. The van der Waals surface area contributed by atoms with Gasteiger partial charge in [-0.15, -0.1) is 0 Å². The first-order valence-corrected chi connectivity index (χ1v) is 13.0. The molecule has 0 saturated heterocycles. The molecule has 0 atom stereocenters. The third kappa shape index (κ3) is 4.47. The van der Waals surface area contributed by atoms with E-state index < -0.39 is 10.1 Å². The zero-order chi connectivity index (χ0) is 23.2. The fourth-order valence-corrected chi connectivity index (χ4v) is 5.50. The SMILES string of the molecule is CN1/C(=C/c2sc3ccc(-c4ccccc4)cc3[n+]2CCS(=O)(=O)O)Oc2ccc(Cl)cc21. The fourth-order valence-electron chi connectivity index (χ4n) is 3.83. The van der Waals surface area contributed by atoms with E-state index in [2.05, 4.69) is 0 Å². The van der Waals surface area contributed by atoms with Gasteiger partial charge in [-0.1, -0.05) is 59.3 Å². The van der Waals surface area contributed by atoms with Gasteiger partial charge in [0, 0.05) is 18.1 Å². The molecule has 2 heterocycles. The summed E-state index contributed by atoms with van der Waals surface area (Å²) >= 11 is 7.67. The predicted molar refractivity (Wildman–Crippen MR) is 132 cm³/mol. The molecule has 1 N–H and O–H groups in total. The highest BCUT2D eigenvalue weighted by Gasteiger charge is 2.28. The Morgan fingerprint density at radius 2 is 1.88 bits per heavy atom. The van der Waals surface area contributed by atoms with Crippen LogP contribution in [0.25, 0.3) is 27.4 Å². The maximum atomic E-state index is 11.5. The van der Waals surface area contributed by atoms with Gasteiger partial charge in [-0.05, 0) is 35.4 Å². The summed E-state index contributed by atoms with van der Waals surface area (Å²) in [5.41, 5.74) is 3.83. The van der Waals surface area contributed by atoms with E-state index in [4.69, 9.17) is 16.3 Å². The van der Waals surface area contributed by atoms with Crippen molar-refractivity contribution in [1.82, 2.24) is 0 Å². The maximum Gasteiger partial charge on any atom is 0.271 e. The number of fused-ring (bicyclic) bond motifs is 2. The Morgan fingerprint density at radius 1 is 1.09 bits per heavy atom. The van der Waals surface area contributed by atoms with Crippen molar-refractivity contribution in [2.75, 3.05) is 17.7 Å². The van der Waals surface area contributed by atoms with Crippen molar-refractivity contribution in [2.24, 2.45) is 0 Å².